The number of nitrogens with zero attached hydrogens (tertiary/aromatic N) is 3. The third-order valence-electron chi connectivity index (χ3n) is 3.78. The first-order chi connectivity index (χ1) is 9.02. The van der Waals surface area contributed by atoms with Crippen molar-refractivity contribution in [1.29, 1.82) is 5.41 Å². The lowest BCUT2D eigenvalue weighted by atomic mass is 10.1. The highest BCUT2D eigenvalue weighted by atomic mass is 15.3. The van der Waals surface area contributed by atoms with Crippen LogP contribution in [0.3, 0.4) is 0 Å². The van der Waals surface area contributed by atoms with Gasteiger partial charge in [-0.3, -0.25) is 10.3 Å². The number of nitrogen functional groups attached to an aromatic ring is 1. The molecule has 2 heterocycles. The quantitative estimate of drug-likeness (QED) is 0.634. The van der Waals surface area contributed by atoms with Crippen molar-refractivity contribution < 1.29 is 0 Å². The van der Waals surface area contributed by atoms with Gasteiger partial charge in [0.2, 0.25) is 0 Å². The van der Waals surface area contributed by atoms with Crippen molar-refractivity contribution in [2.45, 2.75) is 26.8 Å². The average Bonchev–Trinajstić information content (AvgIpc) is 2.38. The summed E-state index contributed by atoms with van der Waals surface area (Å²) < 4.78 is 0. The molecule has 1 aromatic rings. The van der Waals surface area contributed by atoms with Crippen molar-refractivity contribution in [3.63, 3.8) is 0 Å². The van der Waals surface area contributed by atoms with Gasteiger partial charge in [-0.25, -0.2) is 4.98 Å². The van der Waals surface area contributed by atoms with Crippen LogP contribution in [-0.2, 0) is 0 Å². The van der Waals surface area contributed by atoms with Gasteiger partial charge in [0.1, 0.15) is 11.7 Å². The Morgan fingerprint density at radius 1 is 1.47 bits per heavy atom. The zero-order valence-electron chi connectivity index (χ0n) is 12.0. The molecular weight excluding hydrogens is 238 g/mol. The smallest absolute Gasteiger partial charge is 0.139 e. The second kappa shape index (κ2) is 5.57. The highest BCUT2D eigenvalue weighted by molar-refractivity contribution is 5.99. The van der Waals surface area contributed by atoms with E-state index in [9.17, 15) is 0 Å². The molecule has 0 spiro atoms. The van der Waals surface area contributed by atoms with Crippen molar-refractivity contribution in [2.75, 3.05) is 31.1 Å². The van der Waals surface area contributed by atoms with E-state index < -0.39 is 0 Å². The predicted molar refractivity (Wildman–Crippen MR) is 78.9 cm³/mol. The van der Waals surface area contributed by atoms with Gasteiger partial charge in [-0.15, -0.1) is 0 Å². The molecule has 0 aliphatic carbocycles. The van der Waals surface area contributed by atoms with Gasteiger partial charge in [-0.05, 0) is 32.5 Å². The Morgan fingerprint density at radius 2 is 2.21 bits per heavy atom. The number of piperazine rings is 1. The van der Waals surface area contributed by atoms with Gasteiger partial charge >= 0.3 is 0 Å². The number of rotatable bonds is 3. The van der Waals surface area contributed by atoms with E-state index in [0.29, 0.717) is 6.04 Å². The minimum Gasteiger partial charge on any atom is -0.384 e. The molecule has 3 N–H and O–H groups in total. The standard InChI is InChI=1S/C14H23N5/c1-4-18-7-8-19(9-11(18)3)14-12(13(15)16)6-5-10(2)17-14/h5-6,11H,4,7-9H2,1-3H3,(H3,15,16). The summed E-state index contributed by atoms with van der Waals surface area (Å²) in [6.45, 7) is 10.4. The normalized spacial score (nSPS) is 20.6. The highest BCUT2D eigenvalue weighted by Gasteiger charge is 2.25. The second-order valence-electron chi connectivity index (χ2n) is 5.16. The van der Waals surface area contributed by atoms with Crippen LogP contribution in [-0.4, -0.2) is 47.9 Å². The van der Waals surface area contributed by atoms with Gasteiger partial charge in [0.05, 0.1) is 5.56 Å². The van der Waals surface area contributed by atoms with Crippen molar-refractivity contribution in [3.8, 4) is 0 Å². The molecule has 0 aromatic carbocycles. The first kappa shape index (κ1) is 13.8. The number of amidine groups is 1. The van der Waals surface area contributed by atoms with Crippen molar-refractivity contribution in [2.24, 2.45) is 5.73 Å². The summed E-state index contributed by atoms with van der Waals surface area (Å²) in [6, 6.07) is 4.31. The highest BCUT2D eigenvalue weighted by Crippen LogP contribution is 2.21. The summed E-state index contributed by atoms with van der Waals surface area (Å²) in [5.74, 6) is 0.947. The molecule has 1 aliphatic rings. The van der Waals surface area contributed by atoms with Crippen LogP contribution in [0, 0.1) is 12.3 Å². The topological polar surface area (TPSA) is 69.2 Å². The third kappa shape index (κ3) is 2.87. The molecule has 1 saturated heterocycles. The summed E-state index contributed by atoms with van der Waals surface area (Å²) in [7, 11) is 0. The van der Waals surface area contributed by atoms with E-state index >= 15 is 0 Å². The number of likely N-dealkylation sites (N-methyl/N-ethyl adjacent to an activating group) is 1. The van der Waals surface area contributed by atoms with Crippen LogP contribution in [0.2, 0.25) is 0 Å². The molecule has 1 aromatic heterocycles. The first-order valence-corrected chi connectivity index (χ1v) is 6.84. The minimum absolute atomic E-state index is 0.0908. The van der Waals surface area contributed by atoms with Crippen LogP contribution in [0.1, 0.15) is 25.1 Å². The van der Waals surface area contributed by atoms with Crippen molar-refractivity contribution in [1.82, 2.24) is 9.88 Å². The van der Waals surface area contributed by atoms with Gasteiger partial charge in [0.15, 0.2) is 0 Å². The molecule has 5 nitrogen and oxygen atoms in total. The molecule has 2 rings (SSSR count). The molecule has 0 radical (unpaired) electrons. The minimum atomic E-state index is 0.0908. The summed E-state index contributed by atoms with van der Waals surface area (Å²) in [4.78, 5) is 9.30. The zero-order chi connectivity index (χ0) is 14.0. The molecular formula is C14H23N5. The maximum atomic E-state index is 7.69. The lowest BCUT2D eigenvalue weighted by Gasteiger charge is -2.40. The Kier molecular flexibility index (Phi) is 4.04. The molecule has 0 saturated carbocycles. The van der Waals surface area contributed by atoms with Crippen LogP contribution in [0.4, 0.5) is 5.82 Å². The predicted octanol–water partition coefficient (Wildman–Crippen LogP) is 1.20. The summed E-state index contributed by atoms with van der Waals surface area (Å²) in [5.41, 5.74) is 7.37. The number of aromatic nitrogens is 1. The van der Waals surface area contributed by atoms with E-state index in [1.165, 1.54) is 0 Å². The molecule has 19 heavy (non-hydrogen) atoms. The van der Waals surface area contributed by atoms with E-state index in [1.807, 2.05) is 19.1 Å². The van der Waals surface area contributed by atoms with E-state index in [2.05, 4.69) is 28.6 Å². The van der Waals surface area contributed by atoms with Crippen LogP contribution in [0.15, 0.2) is 12.1 Å². The summed E-state index contributed by atoms with van der Waals surface area (Å²) >= 11 is 0. The third-order valence-corrected chi connectivity index (χ3v) is 3.78. The first-order valence-electron chi connectivity index (χ1n) is 6.84. The van der Waals surface area contributed by atoms with Crippen molar-refractivity contribution in [3.05, 3.63) is 23.4 Å². The summed E-state index contributed by atoms with van der Waals surface area (Å²) in [6.07, 6.45) is 0. The van der Waals surface area contributed by atoms with E-state index in [4.69, 9.17) is 11.1 Å². The Hall–Kier alpha value is -1.62. The van der Waals surface area contributed by atoms with Gasteiger partial charge in [-0.1, -0.05) is 6.92 Å². The average molecular weight is 261 g/mol. The maximum Gasteiger partial charge on any atom is 0.139 e. The second-order valence-corrected chi connectivity index (χ2v) is 5.16. The molecule has 1 unspecified atom stereocenters. The molecule has 1 fully saturated rings. The fourth-order valence-electron chi connectivity index (χ4n) is 2.65. The number of aryl methyl sites for hydroxylation is 1. The summed E-state index contributed by atoms with van der Waals surface area (Å²) in [5, 5.41) is 7.69. The molecule has 1 aliphatic heterocycles. The van der Waals surface area contributed by atoms with Gasteiger partial charge in [-0.2, -0.15) is 0 Å². The molecule has 104 valence electrons. The maximum absolute atomic E-state index is 7.69. The Morgan fingerprint density at radius 3 is 2.79 bits per heavy atom. The molecule has 0 bridgehead atoms. The van der Waals surface area contributed by atoms with Crippen molar-refractivity contribution >= 4 is 11.7 Å². The fraction of sp³-hybridized carbons (Fsp3) is 0.571. The number of hydrogen-bond donors (Lipinski definition) is 2. The monoisotopic (exact) mass is 261 g/mol. The zero-order valence-corrected chi connectivity index (χ0v) is 12.0. The number of hydrogen-bond acceptors (Lipinski definition) is 4. The Labute approximate surface area is 114 Å². The molecule has 1 atom stereocenters. The fourth-order valence-corrected chi connectivity index (χ4v) is 2.65. The van der Waals surface area contributed by atoms with Crippen LogP contribution in [0.5, 0.6) is 0 Å². The van der Waals surface area contributed by atoms with Gasteiger partial charge < -0.3 is 10.6 Å². The lowest BCUT2D eigenvalue weighted by molar-refractivity contribution is 0.199. The SMILES string of the molecule is CCN1CCN(c2nc(C)ccc2C(=N)N)CC1C. The number of anilines is 1. The molecule has 5 heteroatoms. The van der Waals surface area contributed by atoms with Crippen LogP contribution < -0.4 is 10.6 Å². The lowest BCUT2D eigenvalue weighted by Crippen LogP contribution is -2.52. The van der Waals surface area contributed by atoms with Crippen LogP contribution >= 0.6 is 0 Å². The number of nitrogens with one attached hydrogen (secondary N) is 1. The van der Waals surface area contributed by atoms with E-state index in [-0.39, 0.29) is 5.84 Å². The van der Waals surface area contributed by atoms with E-state index in [1.54, 1.807) is 0 Å². The largest absolute Gasteiger partial charge is 0.384 e. The van der Waals surface area contributed by atoms with E-state index in [0.717, 1.165) is 43.3 Å². The van der Waals surface area contributed by atoms with Crippen LogP contribution in [0.25, 0.3) is 0 Å². The van der Waals surface area contributed by atoms with Gasteiger partial charge in [0, 0.05) is 31.4 Å². The number of nitrogens with two attached hydrogens (primary N) is 1. The van der Waals surface area contributed by atoms with Gasteiger partial charge in [0.25, 0.3) is 0 Å². The number of pyridine rings is 1. The molecule has 0 amide bonds. The Bertz CT molecular complexity index is 471. The Balaban J connectivity index is 2.27.